The smallest absolute Gasteiger partial charge is 0.255 e. The Morgan fingerprint density at radius 1 is 1.12 bits per heavy atom. The summed E-state index contributed by atoms with van der Waals surface area (Å²) < 4.78 is 33.8. The Morgan fingerprint density at radius 2 is 1.94 bits per heavy atom. The zero-order valence-electron chi connectivity index (χ0n) is 18.8. The lowest BCUT2D eigenvalue weighted by Gasteiger charge is -2.18. The van der Waals surface area contributed by atoms with Gasteiger partial charge >= 0.3 is 0 Å². The molecule has 0 fully saturated rings. The third-order valence-corrected chi connectivity index (χ3v) is 5.62. The van der Waals surface area contributed by atoms with E-state index in [1.807, 2.05) is 37.4 Å². The molecule has 1 atom stereocenters. The predicted molar refractivity (Wildman–Crippen MR) is 128 cm³/mol. The monoisotopic (exact) mass is 464 g/mol. The molecule has 1 heterocycles. The summed E-state index contributed by atoms with van der Waals surface area (Å²) in [6.45, 7) is 2.07. The summed E-state index contributed by atoms with van der Waals surface area (Å²) in [5.41, 5.74) is 2.53. The van der Waals surface area contributed by atoms with E-state index >= 15 is 0 Å². The Bertz CT molecular complexity index is 1300. The number of para-hydroxylation sites is 1. The fraction of sp³-hybridized carbons (Fsp3) is 0.222. The lowest BCUT2D eigenvalue weighted by Crippen LogP contribution is -2.39. The van der Waals surface area contributed by atoms with Crippen molar-refractivity contribution in [3.8, 4) is 16.9 Å². The van der Waals surface area contributed by atoms with E-state index < -0.39 is 23.6 Å². The van der Waals surface area contributed by atoms with Gasteiger partial charge in [0.15, 0.2) is 0 Å². The van der Waals surface area contributed by atoms with Gasteiger partial charge in [-0.15, -0.1) is 0 Å². The largest absolute Gasteiger partial charge is 0.493 e. The van der Waals surface area contributed by atoms with E-state index in [2.05, 4.69) is 10.3 Å². The zero-order valence-corrected chi connectivity index (χ0v) is 18.8. The van der Waals surface area contributed by atoms with E-state index in [4.69, 9.17) is 4.74 Å². The highest BCUT2D eigenvalue weighted by atomic mass is 19.1. The molecular weight excluding hydrogens is 438 g/mol. The number of hydrogen-bond donors (Lipinski definition) is 3. The number of benzene rings is 3. The molecule has 0 aliphatic carbocycles. The number of H-pyrrole nitrogens is 1. The van der Waals surface area contributed by atoms with E-state index in [-0.39, 0.29) is 17.7 Å². The van der Waals surface area contributed by atoms with Crippen LogP contribution in [0, 0.1) is 11.6 Å². The van der Waals surface area contributed by atoms with Gasteiger partial charge in [0, 0.05) is 22.7 Å². The van der Waals surface area contributed by atoms with Crippen LogP contribution < -0.4 is 10.1 Å². The van der Waals surface area contributed by atoms with Crippen LogP contribution in [0.4, 0.5) is 8.78 Å². The molecule has 0 bridgehead atoms. The van der Waals surface area contributed by atoms with Crippen molar-refractivity contribution in [2.45, 2.75) is 25.8 Å². The van der Waals surface area contributed by atoms with Crippen molar-refractivity contribution in [1.82, 2.24) is 10.3 Å². The number of aliphatic hydroxyl groups excluding tert-OH is 1. The molecule has 4 rings (SSSR count). The SMILES string of the molecule is CCCOc1ccc(-c2cc(F)ccc2F)cc1C(=O)N[C@H](CO)Cc1c[nH]c2ccccc12. The van der Waals surface area contributed by atoms with Gasteiger partial charge in [0.2, 0.25) is 0 Å². The van der Waals surface area contributed by atoms with Crippen molar-refractivity contribution < 1.29 is 23.4 Å². The minimum absolute atomic E-state index is 0.0496. The first kappa shape index (κ1) is 23.4. The third kappa shape index (κ3) is 5.10. The van der Waals surface area contributed by atoms with Gasteiger partial charge in [-0.1, -0.05) is 31.2 Å². The van der Waals surface area contributed by atoms with Crippen molar-refractivity contribution in [2.75, 3.05) is 13.2 Å². The standard InChI is InChI=1S/C27H26F2N2O3/c1-2-11-34-26-10-7-17(22-14-19(28)8-9-24(22)29)13-23(26)27(33)31-20(16-32)12-18-15-30-25-6-4-3-5-21(18)25/h3-10,13-15,20,30,32H,2,11-12,16H2,1H3,(H,31,33)/t20-/m0/s1. The molecule has 1 aromatic heterocycles. The molecule has 7 heteroatoms. The molecule has 1 amide bonds. The van der Waals surface area contributed by atoms with Crippen LogP contribution in [0.25, 0.3) is 22.0 Å². The van der Waals surface area contributed by atoms with Gasteiger partial charge in [0.05, 0.1) is 24.8 Å². The minimum atomic E-state index is -0.595. The summed E-state index contributed by atoms with van der Waals surface area (Å²) in [4.78, 5) is 16.4. The van der Waals surface area contributed by atoms with Gasteiger partial charge in [0.1, 0.15) is 17.4 Å². The number of hydrogen-bond acceptors (Lipinski definition) is 3. The second-order valence-corrected chi connectivity index (χ2v) is 8.10. The van der Waals surface area contributed by atoms with E-state index in [1.54, 1.807) is 12.1 Å². The zero-order chi connectivity index (χ0) is 24.1. The highest BCUT2D eigenvalue weighted by Gasteiger charge is 2.20. The molecule has 0 radical (unpaired) electrons. The number of fused-ring (bicyclic) bond motifs is 1. The van der Waals surface area contributed by atoms with Crippen molar-refractivity contribution >= 4 is 16.8 Å². The van der Waals surface area contributed by atoms with Crippen LogP contribution in [0.5, 0.6) is 5.75 Å². The number of aromatic amines is 1. The second kappa shape index (κ2) is 10.5. The summed E-state index contributed by atoms with van der Waals surface area (Å²) in [6.07, 6.45) is 3.01. The molecule has 0 unspecified atom stereocenters. The Labute approximate surface area is 196 Å². The van der Waals surface area contributed by atoms with Gasteiger partial charge in [-0.3, -0.25) is 4.79 Å². The van der Waals surface area contributed by atoms with E-state index in [0.29, 0.717) is 24.3 Å². The van der Waals surface area contributed by atoms with E-state index in [9.17, 15) is 18.7 Å². The fourth-order valence-electron chi connectivity index (χ4n) is 3.92. The summed E-state index contributed by atoms with van der Waals surface area (Å²) >= 11 is 0. The van der Waals surface area contributed by atoms with Crippen molar-refractivity contribution in [2.24, 2.45) is 0 Å². The van der Waals surface area contributed by atoms with Crippen LogP contribution in [0.3, 0.4) is 0 Å². The molecule has 0 aliphatic heterocycles. The fourth-order valence-corrected chi connectivity index (χ4v) is 3.92. The first-order chi connectivity index (χ1) is 16.5. The van der Waals surface area contributed by atoms with E-state index in [1.165, 1.54) is 6.07 Å². The summed E-state index contributed by atoms with van der Waals surface area (Å²) in [5.74, 6) is -1.30. The highest BCUT2D eigenvalue weighted by Crippen LogP contribution is 2.29. The van der Waals surface area contributed by atoms with Gasteiger partial charge in [0.25, 0.3) is 5.91 Å². The van der Waals surface area contributed by atoms with Crippen molar-refractivity contribution in [1.29, 1.82) is 0 Å². The lowest BCUT2D eigenvalue weighted by atomic mass is 10.0. The molecule has 5 nitrogen and oxygen atoms in total. The Morgan fingerprint density at radius 3 is 2.74 bits per heavy atom. The third-order valence-electron chi connectivity index (χ3n) is 5.62. The molecule has 0 spiro atoms. The number of amides is 1. The normalized spacial score (nSPS) is 12.0. The van der Waals surface area contributed by atoms with Crippen LogP contribution in [0.1, 0.15) is 29.3 Å². The molecule has 34 heavy (non-hydrogen) atoms. The Hall–Kier alpha value is -3.71. The summed E-state index contributed by atoms with van der Waals surface area (Å²) in [6, 6.07) is 15.1. The molecule has 3 N–H and O–H groups in total. The first-order valence-electron chi connectivity index (χ1n) is 11.2. The van der Waals surface area contributed by atoms with Crippen LogP contribution in [-0.2, 0) is 6.42 Å². The van der Waals surface area contributed by atoms with Crippen LogP contribution in [0.2, 0.25) is 0 Å². The van der Waals surface area contributed by atoms with E-state index in [0.717, 1.165) is 41.1 Å². The minimum Gasteiger partial charge on any atom is -0.493 e. The van der Waals surface area contributed by atoms with Gasteiger partial charge in [-0.25, -0.2) is 8.78 Å². The maximum absolute atomic E-state index is 14.4. The van der Waals surface area contributed by atoms with Crippen LogP contribution in [-0.4, -0.2) is 35.3 Å². The van der Waals surface area contributed by atoms with Crippen LogP contribution in [0.15, 0.2) is 66.9 Å². The predicted octanol–water partition coefficient (Wildman–Crippen LogP) is 5.24. The Kier molecular flexibility index (Phi) is 7.23. The number of carbonyl (C=O) groups is 1. The quantitative estimate of drug-likeness (QED) is 0.317. The number of halogens is 2. The molecule has 3 aromatic carbocycles. The second-order valence-electron chi connectivity index (χ2n) is 8.10. The van der Waals surface area contributed by atoms with Gasteiger partial charge in [-0.05, 0) is 60.4 Å². The van der Waals surface area contributed by atoms with Gasteiger partial charge < -0.3 is 20.1 Å². The van der Waals surface area contributed by atoms with Crippen molar-refractivity contribution in [3.05, 3.63) is 89.6 Å². The van der Waals surface area contributed by atoms with Gasteiger partial charge in [-0.2, -0.15) is 0 Å². The highest BCUT2D eigenvalue weighted by molar-refractivity contribution is 5.98. The molecule has 176 valence electrons. The number of rotatable bonds is 9. The number of ether oxygens (including phenoxy) is 1. The van der Waals surface area contributed by atoms with Crippen LogP contribution >= 0.6 is 0 Å². The molecule has 4 aromatic rings. The summed E-state index contributed by atoms with van der Waals surface area (Å²) in [7, 11) is 0. The average Bonchev–Trinajstić information content (AvgIpc) is 3.26. The number of aromatic nitrogens is 1. The maximum Gasteiger partial charge on any atom is 0.255 e. The molecular formula is C27H26F2N2O3. The topological polar surface area (TPSA) is 74.3 Å². The Balaban J connectivity index is 1.62. The number of nitrogens with one attached hydrogen (secondary N) is 2. The molecule has 0 aliphatic rings. The maximum atomic E-state index is 14.4. The van der Waals surface area contributed by atoms with Crippen molar-refractivity contribution in [3.63, 3.8) is 0 Å². The number of aliphatic hydroxyl groups is 1. The lowest BCUT2D eigenvalue weighted by molar-refractivity contribution is 0.0912. The average molecular weight is 465 g/mol. The molecule has 0 saturated heterocycles. The first-order valence-corrected chi connectivity index (χ1v) is 11.2. The number of carbonyl (C=O) groups excluding carboxylic acids is 1. The summed E-state index contributed by atoms with van der Waals surface area (Å²) in [5, 5.41) is 13.8. The molecule has 0 saturated carbocycles.